The van der Waals surface area contributed by atoms with Crippen LogP contribution in [0.2, 0.25) is 5.02 Å². The van der Waals surface area contributed by atoms with Crippen LogP contribution in [-0.2, 0) is 4.79 Å². The molecule has 1 aliphatic heterocycles. The Hall–Kier alpha value is -1.06. The van der Waals surface area contributed by atoms with Crippen molar-refractivity contribution in [3.63, 3.8) is 0 Å². The van der Waals surface area contributed by atoms with Crippen molar-refractivity contribution < 1.29 is 4.79 Å². The SMILES string of the molecule is CC(CN)C(=O)N1CCCC1c1cccc(Cl)c1. The van der Waals surface area contributed by atoms with Gasteiger partial charge >= 0.3 is 0 Å². The molecule has 2 atom stereocenters. The Kier molecular flexibility index (Phi) is 4.25. The lowest BCUT2D eigenvalue weighted by Gasteiger charge is -2.27. The van der Waals surface area contributed by atoms with Crippen LogP contribution < -0.4 is 5.73 Å². The number of benzene rings is 1. The average molecular weight is 267 g/mol. The number of carbonyl (C=O) groups is 1. The fourth-order valence-electron chi connectivity index (χ4n) is 2.47. The second kappa shape index (κ2) is 5.72. The number of carbonyl (C=O) groups excluding carboxylic acids is 1. The normalized spacial score (nSPS) is 21.1. The summed E-state index contributed by atoms with van der Waals surface area (Å²) in [4.78, 5) is 14.2. The van der Waals surface area contributed by atoms with Gasteiger partial charge in [-0.25, -0.2) is 0 Å². The van der Waals surface area contributed by atoms with Crippen molar-refractivity contribution in [2.75, 3.05) is 13.1 Å². The second-order valence-electron chi connectivity index (χ2n) is 4.88. The van der Waals surface area contributed by atoms with Crippen molar-refractivity contribution in [1.82, 2.24) is 4.90 Å². The first kappa shape index (κ1) is 13.4. The zero-order valence-electron chi connectivity index (χ0n) is 10.6. The maximum atomic E-state index is 12.3. The van der Waals surface area contributed by atoms with E-state index in [4.69, 9.17) is 17.3 Å². The first-order chi connectivity index (χ1) is 8.63. The van der Waals surface area contributed by atoms with E-state index in [1.54, 1.807) is 0 Å². The van der Waals surface area contributed by atoms with E-state index in [2.05, 4.69) is 0 Å². The summed E-state index contributed by atoms with van der Waals surface area (Å²) in [6.07, 6.45) is 2.05. The first-order valence-corrected chi connectivity index (χ1v) is 6.77. The topological polar surface area (TPSA) is 46.3 Å². The van der Waals surface area contributed by atoms with Crippen LogP contribution in [0, 0.1) is 5.92 Å². The Morgan fingerprint density at radius 1 is 1.61 bits per heavy atom. The molecule has 0 aromatic heterocycles. The molecule has 2 rings (SSSR count). The van der Waals surface area contributed by atoms with Crippen LogP contribution in [0.1, 0.15) is 31.4 Å². The van der Waals surface area contributed by atoms with E-state index in [9.17, 15) is 4.79 Å². The van der Waals surface area contributed by atoms with Gasteiger partial charge in [0, 0.05) is 24.0 Å². The van der Waals surface area contributed by atoms with Gasteiger partial charge in [-0.1, -0.05) is 30.7 Å². The Morgan fingerprint density at radius 3 is 3.06 bits per heavy atom. The smallest absolute Gasteiger partial charge is 0.227 e. The van der Waals surface area contributed by atoms with Gasteiger partial charge in [-0.2, -0.15) is 0 Å². The average Bonchev–Trinajstić information content (AvgIpc) is 2.86. The summed E-state index contributed by atoms with van der Waals surface area (Å²) in [5, 5.41) is 0.721. The molecule has 2 N–H and O–H groups in total. The molecule has 1 heterocycles. The predicted octanol–water partition coefficient (Wildman–Crippen LogP) is 2.60. The monoisotopic (exact) mass is 266 g/mol. The van der Waals surface area contributed by atoms with E-state index in [0.717, 1.165) is 30.0 Å². The number of amides is 1. The van der Waals surface area contributed by atoms with Gasteiger partial charge in [-0.3, -0.25) is 4.79 Å². The van der Waals surface area contributed by atoms with Crippen LogP contribution >= 0.6 is 11.6 Å². The Balaban J connectivity index is 2.20. The fourth-order valence-corrected chi connectivity index (χ4v) is 2.67. The van der Waals surface area contributed by atoms with Crippen LogP contribution in [0.15, 0.2) is 24.3 Å². The standard InChI is InChI=1S/C14H19ClN2O/c1-10(9-16)14(18)17-7-3-6-13(17)11-4-2-5-12(15)8-11/h2,4-5,8,10,13H,3,6-7,9,16H2,1H3. The summed E-state index contributed by atoms with van der Waals surface area (Å²) in [6, 6.07) is 7.94. The number of nitrogens with two attached hydrogens (primary N) is 1. The van der Waals surface area contributed by atoms with Gasteiger partial charge in [0.1, 0.15) is 0 Å². The summed E-state index contributed by atoms with van der Waals surface area (Å²) in [5.74, 6) is 0.0461. The van der Waals surface area contributed by atoms with E-state index in [1.807, 2.05) is 36.1 Å². The molecule has 1 amide bonds. The minimum absolute atomic E-state index is 0.107. The van der Waals surface area contributed by atoms with Crippen LogP contribution in [-0.4, -0.2) is 23.9 Å². The first-order valence-electron chi connectivity index (χ1n) is 6.39. The van der Waals surface area contributed by atoms with Crippen LogP contribution in [0.3, 0.4) is 0 Å². The van der Waals surface area contributed by atoms with Gasteiger partial charge in [0.05, 0.1) is 6.04 Å². The van der Waals surface area contributed by atoms with E-state index in [0.29, 0.717) is 6.54 Å². The van der Waals surface area contributed by atoms with Crippen molar-refractivity contribution in [2.45, 2.75) is 25.8 Å². The van der Waals surface area contributed by atoms with Gasteiger partial charge in [-0.05, 0) is 30.5 Å². The molecule has 2 unspecified atom stereocenters. The highest BCUT2D eigenvalue weighted by Gasteiger charge is 2.31. The third-order valence-corrected chi connectivity index (χ3v) is 3.78. The Bertz CT molecular complexity index is 436. The second-order valence-corrected chi connectivity index (χ2v) is 5.32. The molecule has 0 aliphatic carbocycles. The number of hydrogen-bond donors (Lipinski definition) is 1. The number of likely N-dealkylation sites (tertiary alicyclic amines) is 1. The van der Waals surface area contributed by atoms with Gasteiger partial charge in [-0.15, -0.1) is 0 Å². The lowest BCUT2D eigenvalue weighted by Crippen LogP contribution is -2.37. The molecule has 3 nitrogen and oxygen atoms in total. The Labute approximate surface area is 113 Å². The van der Waals surface area contributed by atoms with Crippen LogP contribution in [0.5, 0.6) is 0 Å². The largest absolute Gasteiger partial charge is 0.335 e. The van der Waals surface area contributed by atoms with Crippen LogP contribution in [0.4, 0.5) is 0 Å². The Morgan fingerprint density at radius 2 is 2.39 bits per heavy atom. The highest BCUT2D eigenvalue weighted by atomic mass is 35.5. The molecule has 0 radical (unpaired) electrons. The number of nitrogens with zero attached hydrogens (tertiary/aromatic N) is 1. The van der Waals surface area contributed by atoms with Gasteiger partial charge in [0.2, 0.25) is 5.91 Å². The summed E-state index contributed by atoms with van der Waals surface area (Å²) < 4.78 is 0. The molecule has 1 fully saturated rings. The zero-order chi connectivity index (χ0) is 13.1. The molecule has 0 bridgehead atoms. The van der Waals surface area contributed by atoms with E-state index in [-0.39, 0.29) is 17.9 Å². The van der Waals surface area contributed by atoms with Crippen LogP contribution in [0.25, 0.3) is 0 Å². The molecule has 0 spiro atoms. The number of rotatable bonds is 3. The summed E-state index contributed by atoms with van der Waals surface area (Å²) in [7, 11) is 0. The molecule has 1 saturated heterocycles. The molecule has 1 aliphatic rings. The van der Waals surface area contributed by atoms with E-state index < -0.39 is 0 Å². The molecule has 0 saturated carbocycles. The van der Waals surface area contributed by atoms with Crippen molar-refractivity contribution >= 4 is 17.5 Å². The molecule has 98 valence electrons. The minimum atomic E-state index is -0.107. The molecule has 4 heteroatoms. The van der Waals surface area contributed by atoms with Gasteiger partial charge in [0.25, 0.3) is 0 Å². The van der Waals surface area contributed by atoms with E-state index in [1.165, 1.54) is 0 Å². The highest BCUT2D eigenvalue weighted by Crippen LogP contribution is 2.33. The van der Waals surface area contributed by atoms with Crippen molar-refractivity contribution in [3.8, 4) is 0 Å². The lowest BCUT2D eigenvalue weighted by atomic mass is 10.0. The highest BCUT2D eigenvalue weighted by molar-refractivity contribution is 6.30. The molecule has 1 aromatic carbocycles. The molecular weight excluding hydrogens is 248 g/mol. The minimum Gasteiger partial charge on any atom is -0.335 e. The maximum absolute atomic E-state index is 12.3. The van der Waals surface area contributed by atoms with Gasteiger partial charge in [0.15, 0.2) is 0 Å². The number of hydrogen-bond acceptors (Lipinski definition) is 2. The van der Waals surface area contributed by atoms with E-state index >= 15 is 0 Å². The fraction of sp³-hybridized carbons (Fsp3) is 0.500. The third kappa shape index (κ3) is 2.68. The quantitative estimate of drug-likeness (QED) is 0.914. The lowest BCUT2D eigenvalue weighted by molar-refractivity contribution is -0.135. The van der Waals surface area contributed by atoms with Crippen molar-refractivity contribution in [3.05, 3.63) is 34.9 Å². The third-order valence-electron chi connectivity index (χ3n) is 3.54. The molecular formula is C14H19ClN2O. The predicted molar refractivity (Wildman–Crippen MR) is 73.4 cm³/mol. The maximum Gasteiger partial charge on any atom is 0.227 e. The summed E-state index contributed by atoms with van der Waals surface area (Å²) >= 11 is 6.02. The molecule has 1 aromatic rings. The van der Waals surface area contributed by atoms with Crippen molar-refractivity contribution in [2.24, 2.45) is 11.7 Å². The number of halogens is 1. The molecule has 18 heavy (non-hydrogen) atoms. The summed E-state index contributed by atoms with van der Waals surface area (Å²) in [6.45, 7) is 3.10. The van der Waals surface area contributed by atoms with Gasteiger partial charge < -0.3 is 10.6 Å². The zero-order valence-corrected chi connectivity index (χ0v) is 11.4. The van der Waals surface area contributed by atoms with Crippen molar-refractivity contribution in [1.29, 1.82) is 0 Å². The summed E-state index contributed by atoms with van der Waals surface area (Å²) in [5.41, 5.74) is 6.70.